The Morgan fingerprint density at radius 3 is 3.09 bits per heavy atom. The zero-order valence-corrected chi connectivity index (χ0v) is 13.4. The van der Waals surface area contributed by atoms with Crippen molar-refractivity contribution in [3.05, 3.63) is 57.3 Å². The van der Waals surface area contributed by atoms with E-state index >= 15 is 0 Å². The normalized spacial score (nSPS) is 16.9. The number of fused-ring (bicyclic) bond motifs is 1. The van der Waals surface area contributed by atoms with Gasteiger partial charge < -0.3 is 19.6 Å². The lowest BCUT2D eigenvalue weighted by molar-refractivity contribution is 0.0595. The summed E-state index contributed by atoms with van der Waals surface area (Å²) in [5.41, 5.74) is 3.81. The van der Waals surface area contributed by atoms with Crippen LogP contribution in [-0.2, 0) is 24.8 Å². The van der Waals surface area contributed by atoms with Crippen molar-refractivity contribution in [3.63, 3.8) is 0 Å². The van der Waals surface area contributed by atoms with Gasteiger partial charge in [-0.2, -0.15) is 0 Å². The van der Waals surface area contributed by atoms with Gasteiger partial charge in [0, 0.05) is 37.6 Å². The Balaban J connectivity index is 1.73. The number of nitrogens with one attached hydrogen (secondary N) is 2. The monoisotopic (exact) mass is 315 g/mol. The van der Waals surface area contributed by atoms with Crippen molar-refractivity contribution in [2.24, 2.45) is 7.05 Å². The van der Waals surface area contributed by atoms with Crippen molar-refractivity contribution >= 4 is 5.97 Å². The van der Waals surface area contributed by atoms with Crippen LogP contribution in [0.4, 0.5) is 0 Å². The smallest absolute Gasteiger partial charge is 0.354 e. The van der Waals surface area contributed by atoms with Crippen molar-refractivity contribution in [2.75, 3.05) is 7.11 Å². The molecule has 0 aromatic carbocycles. The van der Waals surface area contributed by atoms with Crippen LogP contribution >= 0.6 is 0 Å². The third-order valence-electron chi connectivity index (χ3n) is 4.46. The molecule has 0 fully saturated rings. The average Bonchev–Trinajstić information content (AvgIpc) is 3.04. The van der Waals surface area contributed by atoms with Gasteiger partial charge in [0.1, 0.15) is 5.69 Å². The summed E-state index contributed by atoms with van der Waals surface area (Å²) < 4.78 is 6.44. The maximum absolute atomic E-state index is 11.8. The second-order valence-corrected chi connectivity index (χ2v) is 5.87. The summed E-state index contributed by atoms with van der Waals surface area (Å²) in [4.78, 5) is 26.1. The number of carbonyl (C=O) groups excluding carboxylic acids is 1. The first-order valence-corrected chi connectivity index (χ1v) is 7.78. The van der Waals surface area contributed by atoms with E-state index in [1.807, 2.05) is 19.3 Å². The molecule has 6 nitrogen and oxygen atoms in total. The van der Waals surface area contributed by atoms with Crippen molar-refractivity contribution in [1.82, 2.24) is 14.9 Å². The summed E-state index contributed by atoms with van der Waals surface area (Å²) in [5.74, 6) is -0.366. The van der Waals surface area contributed by atoms with Crippen molar-refractivity contribution in [3.8, 4) is 0 Å². The highest BCUT2D eigenvalue weighted by molar-refractivity contribution is 5.87. The SMILES string of the molecule is COC(=O)c1cc(CNC2CCCc3c2ccc(=O)n3C)c[nH]1. The van der Waals surface area contributed by atoms with Gasteiger partial charge in [0.25, 0.3) is 0 Å². The summed E-state index contributed by atoms with van der Waals surface area (Å²) in [6.45, 7) is 0.653. The lowest BCUT2D eigenvalue weighted by Gasteiger charge is -2.27. The van der Waals surface area contributed by atoms with Gasteiger partial charge in [0.15, 0.2) is 0 Å². The molecule has 1 aliphatic carbocycles. The van der Waals surface area contributed by atoms with Gasteiger partial charge in [-0.1, -0.05) is 6.07 Å². The molecule has 2 aromatic rings. The minimum absolute atomic E-state index is 0.0396. The third-order valence-corrected chi connectivity index (χ3v) is 4.46. The molecule has 2 N–H and O–H groups in total. The lowest BCUT2D eigenvalue weighted by atomic mass is 9.91. The number of rotatable bonds is 4. The quantitative estimate of drug-likeness (QED) is 0.842. The van der Waals surface area contributed by atoms with E-state index in [1.165, 1.54) is 12.7 Å². The molecule has 0 radical (unpaired) electrons. The number of aromatic nitrogens is 2. The molecule has 0 spiro atoms. The molecule has 6 heteroatoms. The van der Waals surface area contributed by atoms with Crippen LogP contribution in [0, 0.1) is 0 Å². The van der Waals surface area contributed by atoms with Crippen LogP contribution in [-0.4, -0.2) is 22.6 Å². The summed E-state index contributed by atoms with van der Waals surface area (Å²) in [5, 5.41) is 3.52. The first-order valence-electron chi connectivity index (χ1n) is 7.78. The lowest BCUT2D eigenvalue weighted by Crippen LogP contribution is -2.30. The maximum atomic E-state index is 11.8. The maximum Gasteiger partial charge on any atom is 0.354 e. The molecule has 0 aliphatic heterocycles. The topological polar surface area (TPSA) is 76.1 Å². The Kier molecular flexibility index (Phi) is 4.34. The average molecular weight is 315 g/mol. The fourth-order valence-electron chi connectivity index (χ4n) is 3.18. The molecule has 0 amide bonds. The molecule has 2 heterocycles. The van der Waals surface area contributed by atoms with Gasteiger partial charge in [-0.05, 0) is 36.5 Å². The molecule has 1 aliphatic rings. The molecule has 0 bridgehead atoms. The van der Waals surface area contributed by atoms with Crippen molar-refractivity contribution in [2.45, 2.75) is 31.8 Å². The zero-order chi connectivity index (χ0) is 16.4. The first-order chi connectivity index (χ1) is 11.1. The second-order valence-electron chi connectivity index (χ2n) is 5.87. The molecule has 1 unspecified atom stereocenters. The fraction of sp³-hybridized carbons (Fsp3) is 0.412. The molecular weight excluding hydrogens is 294 g/mol. The van der Waals surface area contributed by atoms with Gasteiger partial charge >= 0.3 is 5.97 Å². The Morgan fingerprint density at radius 2 is 2.30 bits per heavy atom. The Hall–Kier alpha value is -2.34. The first kappa shape index (κ1) is 15.6. The van der Waals surface area contributed by atoms with Crippen molar-refractivity contribution < 1.29 is 9.53 Å². The van der Waals surface area contributed by atoms with Gasteiger partial charge in [0.2, 0.25) is 5.56 Å². The number of nitrogens with zero attached hydrogens (tertiary/aromatic N) is 1. The fourth-order valence-corrected chi connectivity index (χ4v) is 3.18. The number of H-pyrrole nitrogens is 1. The highest BCUT2D eigenvalue weighted by atomic mass is 16.5. The molecule has 0 saturated carbocycles. The number of hydrogen-bond donors (Lipinski definition) is 2. The largest absolute Gasteiger partial charge is 0.464 e. The van der Waals surface area contributed by atoms with Crippen LogP contribution in [0.1, 0.15) is 46.2 Å². The Bertz CT molecular complexity index is 776. The summed E-state index contributed by atoms with van der Waals surface area (Å²) in [6, 6.07) is 5.58. The van der Waals surface area contributed by atoms with Crippen LogP contribution < -0.4 is 10.9 Å². The molecule has 23 heavy (non-hydrogen) atoms. The van der Waals surface area contributed by atoms with E-state index in [9.17, 15) is 9.59 Å². The Morgan fingerprint density at radius 1 is 1.48 bits per heavy atom. The summed E-state index contributed by atoms with van der Waals surface area (Å²) in [7, 11) is 3.20. The van der Waals surface area contributed by atoms with E-state index in [-0.39, 0.29) is 17.6 Å². The predicted octanol–water partition coefficient (Wildman–Crippen LogP) is 1.67. The van der Waals surface area contributed by atoms with Gasteiger partial charge in [-0.25, -0.2) is 4.79 Å². The Labute approximate surface area is 134 Å². The van der Waals surface area contributed by atoms with E-state index in [0.717, 1.165) is 30.5 Å². The van der Waals surface area contributed by atoms with Crippen LogP contribution in [0.15, 0.2) is 29.2 Å². The molecule has 0 saturated heterocycles. The van der Waals surface area contributed by atoms with Gasteiger partial charge in [-0.15, -0.1) is 0 Å². The minimum Gasteiger partial charge on any atom is -0.464 e. The van der Waals surface area contributed by atoms with Crippen LogP contribution in [0.3, 0.4) is 0 Å². The number of pyridine rings is 1. The van der Waals surface area contributed by atoms with Crippen LogP contribution in [0.2, 0.25) is 0 Å². The number of esters is 1. The molecule has 1 atom stereocenters. The number of methoxy groups -OCH3 is 1. The highest BCUT2D eigenvalue weighted by Crippen LogP contribution is 2.28. The van der Waals surface area contributed by atoms with E-state index in [4.69, 9.17) is 4.74 Å². The van der Waals surface area contributed by atoms with E-state index in [1.54, 1.807) is 16.7 Å². The standard InChI is InChI=1S/C17H21N3O3/c1-20-15-5-3-4-13(12(15)6-7-16(20)21)18-9-11-8-14(19-10-11)17(22)23-2/h6-8,10,13,18-19H,3-5,9H2,1-2H3. The highest BCUT2D eigenvalue weighted by Gasteiger charge is 2.22. The number of carbonyl (C=O) groups is 1. The summed E-state index contributed by atoms with van der Waals surface area (Å²) in [6.07, 6.45) is 4.85. The van der Waals surface area contributed by atoms with Gasteiger partial charge in [0.05, 0.1) is 7.11 Å². The van der Waals surface area contributed by atoms with E-state index < -0.39 is 0 Å². The molecule has 2 aromatic heterocycles. The number of hydrogen-bond acceptors (Lipinski definition) is 4. The number of ether oxygens (including phenoxy) is 1. The second kappa shape index (κ2) is 6.42. The van der Waals surface area contributed by atoms with Crippen LogP contribution in [0.5, 0.6) is 0 Å². The number of aromatic amines is 1. The molecule has 122 valence electrons. The minimum atomic E-state index is -0.366. The van der Waals surface area contributed by atoms with Crippen molar-refractivity contribution in [1.29, 1.82) is 0 Å². The van der Waals surface area contributed by atoms with Crippen LogP contribution in [0.25, 0.3) is 0 Å². The van der Waals surface area contributed by atoms with Gasteiger partial charge in [-0.3, -0.25) is 4.79 Å². The van der Waals surface area contributed by atoms with E-state index in [0.29, 0.717) is 12.2 Å². The third kappa shape index (κ3) is 3.07. The molecular formula is C17H21N3O3. The zero-order valence-electron chi connectivity index (χ0n) is 13.4. The van der Waals surface area contributed by atoms with E-state index in [2.05, 4.69) is 10.3 Å². The predicted molar refractivity (Wildman–Crippen MR) is 86.3 cm³/mol. The molecule has 3 rings (SSSR count). The summed E-state index contributed by atoms with van der Waals surface area (Å²) >= 11 is 0.